The molecule has 2 rings (SSSR count). The molecule has 0 amide bonds. The summed E-state index contributed by atoms with van der Waals surface area (Å²) < 4.78 is 7.14. The summed E-state index contributed by atoms with van der Waals surface area (Å²) in [6, 6.07) is 14.0. The SMILES string of the molecule is COCCc1ccc(C=O)n1Cc1ccccc1. The summed E-state index contributed by atoms with van der Waals surface area (Å²) in [6.45, 7) is 1.39. The molecule has 1 aromatic carbocycles. The Bertz CT molecular complexity index is 502. The summed E-state index contributed by atoms with van der Waals surface area (Å²) in [6.07, 6.45) is 1.72. The van der Waals surface area contributed by atoms with Crippen LogP contribution in [0.5, 0.6) is 0 Å². The maximum absolute atomic E-state index is 11.1. The second-order valence-corrected chi connectivity index (χ2v) is 4.18. The van der Waals surface area contributed by atoms with Gasteiger partial charge in [-0.1, -0.05) is 30.3 Å². The molecule has 0 spiro atoms. The fourth-order valence-corrected chi connectivity index (χ4v) is 2.01. The van der Waals surface area contributed by atoms with Crippen molar-refractivity contribution in [1.29, 1.82) is 0 Å². The van der Waals surface area contributed by atoms with Crippen LogP contribution in [0, 0.1) is 0 Å². The molecular formula is C15H17NO2. The van der Waals surface area contributed by atoms with Crippen LogP contribution in [0.1, 0.15) is 21.7 Å². The topological polar surface area (TPSA) is 31.2 Å². The minimum atomic E-state index is 0.664. The van der Waals surface area contributed by atoms with E-state index in [2.05, 4.69) is 12.1 Å². The molecule has 18 heavy (non-hydrogen) atoms. The average molecular weight is 243 g/mol. The number of benzene rings is 1. The van der Waals surface area contributed by atoms with Gasteiger partial charge >= 0.3 is 0 Å². The van der Waals surface area contributed by atoms with Gasteiger partial charge in [-0.25, -0.2) is 0 Å². The van der Waals surface area contributed by atoms with Crippen LogP contribution in [0.3, 0.4) is 0 Å². The van der Waals surface area contributed by atoms with Crippen molar-refractivity contribution in [3.05, 3.63) is 59.4 Å². The zero-order chi connectivity index (χ0) is 12.8. The number of carbonyl (C=O) groups is 1. The number of aromatic nitrogens is 1. The van der Waals surface area contributed by atoms with E-state index in [0.29, 0.717) is 12.3 Å². The van der Waals surface area contributed by atoms with Gasteiger partial charge in [-0.2, -0.15) is 0 Å². The molecule has 3 nitrogen and oxygen atoms in total. The van der Waals surface area contributed by atoms with Gasteiger partial charge in [0.25, 0.3) is 0 Å². The lowest BCUT2D eigenvalue weighted by atomic mass is 10.2. The molecule has 0 fully saturated rings. The molecule has 0 bridgehead atoms. The summed E-state index contributed by atoms with van der Waals surface area (Å²) in [5.41, 5.74) is 3.03. The molecule has 2 aromatic rings. The first-order valence-corrected chi connectivity index (χ1v) is 6.01. The number of ether oxygens (including phenoxy) is 1. The van der Waals surface area contributed by atoms with E-state index in [0.717, 1.165) is 24.9 Å². The Hall–Kier alpha value is -1.87. The van der Waals surface area contributed by atoms with Crippen LogP contribution in [0.2, 0.25) is 0 Å². The maximum Gasteiger partial charge on any atom is 0.166 e. The van der Waals surface area contributed by atoms with Crippen molar-refractivity contribution in [2.45, 2.75) is 13.0 Å². The number of rotatable bonds is 6. The fourth-order valence-electron chi connectivity index (χ4n) is 2.01. The molecule has 0 unspecified atom stereocenters. The quantitative estimate of drug-likeness (QED) is 0.730. The smallest absolute Gasteiger partial charge is 0.166 e. The van der Waals surface area contributed by atoms with Gasteiger partial charge in [0.2, 0.25) is 0 Å². The number of methoxy groups -OCH3 is 1. The van der Waals surface area contributed by atoms with E-state index in [9.17, 15) is 4.79 Å². The van der Waals surface area contributed by atoms with Crippen molar-refractivity contribution in [2.24, 2.45) is 0 Å². The van der Waals surface area contributed by atoms with Gasteiger partial charge in [0.05, 0.1) is 12.3 Å². The lowest BCUT2D eigenvalue weighted by Crippen LogP contribution is -2.09. The third kappa shape index (κ3) is 2.87. The summed E-state index contributed by atoms with van der Waals surface area (Å²) in [5.74, 6) is 0. The Balaban J connectivity index is 2.24. The largest absolute Gasteiger partial charge is 0.384 e. The third-order valence-corrected chi connectivity index (χ3v) is 2.97. The van der Waals surface area contributed by atoms with Crippen molar-refractivity contribution in [1.82, 2.24) is 4.57 Å². The molecule has 0 N–H and O–H groups in total. The summed E-state index contributed by atoms with van der Waals surface area (Å²) >= 11 is 0. The van der Waals surface area contributed by atoms with E-state index >= 15 is 0 Å². The lowest BCUT2D eigenvalue weighted by molar-refractivity contribution is 0.111. The molecular weight excluding hydrogens is 226 g/mol. The molecule has 0 radical (unpaired) electrons. The molecule has 0 aliphatic heterocycles. The highest BCUT2D eigenvalue weighted by Crippen LogP contribution is 2.12. The first-order valence-electron chi connectivity index (χ1n) is 6.01. The molecule has 1 heterocycles. The number of aldehydes is 1. The summed E-state index contributed by atoms with van der Waals surface area (Å²) in [7, 11) is 1.69. The predicted molar refractivity (Wildman–Crippen MR) is 70.9 cm³/mol. The van der Waals surface area contributed by atoms with Crippen molar-refractivity contribution >= 4 is 6.29 Å². The van der Waals surface area contributed by atoms with Crippen molar-refractivity contribution in [3.63, 3.8) is 0 Å². The Labute approximate surface area is 107 Å². The number of hydrogen-bond donors (Lipinski definition) is 0. The van der Waals surface area contributed by atoms with E-state index in [-0.39, 0.29) is 0 Å². The van der Waals surface area contributed by atoms with E-state index in [1.807, 2.05) is 34.9 Å². The molecule has 0 aliphatic carbocycles. The Morgan fingerprint density at radius 2 is 1.94 bits per heavy atom. The normalized spacial score (nSPS) is 10.5. The van der Waals surface area contributed by atoms with Crippen LogP contribution in [-0.4, -0.2) is 24.6 Å². The highest BCUT2D eigenvalue weighted by atomic mass is 16.5. The van der Waals surface area contributed by atoms with E-state index < -0.39 is 0 Å². The number of hydrogen-bond acceptors (Lipinski definition) is 2. The molecule has 0 atom stereocenters. The first kappa shape index (κ1) is 12.6. The maximum atomic E-state index is 11.1. The minimum absolute atomic E-state index is 0.664. The lowest BCUT2D eigenvalue weighted by Gasteiger charge is -2.11. The van der Waals surface area contributed by atoms with E-state index in [1.165, 1.54) is 5.56 Å². The van der Waals surface area contributed by atoms with Crippen LogP contribution in [0.4, 0.5) is 0 Å². The highest BCUT2D eigenvalue weighted by Gasteiger charge is 2.07. The van der Waals surface area contributed by atoms with Crippen molar-refractivity contribution < 1.29 is 9.53 Å². The zero-order valence-electron chi connectivity index (χ0n) is 10.5. The zero-order valence-corrected chi connectivity index (χ0v) is 10.5. The summed E-state index contributed by atoms with van der Waals surface area (Å²) in [5, 5.41) is 0. The van der Waals surface area contributed by atoms with Crippen molar-refractivity contribution in [2.75, 3.05) is 13.7 Å². The Kier molecular flexibility index (Phi) is 4.31. The van der Waals surface area contributed by atoms with Gasteiger partial charge in [-0.15, -0.1) is 0 Å². The van der Waals surface area contributed by atoms with Crippen LogP contribution in [-0.2, 0) is 17.7 Å². The Morgan fingerprint density at radius 1 is 1.17 bits per heavy atom. The molecule has 0 saturated heterocycles. The highest BCUT2D eigenvalue weighted by molar-refractivity contribution is 5.72. The van der Waals surface area contributed by atoms with Crippen LogP contribution in [0.25, 0.3) is 0 Å². The molecule has 3 heteroatoms. The number of carbonyl (C=O) groups excluding carboxylic acids is 1. The first-order chi connectivity index (χ1) is 8.85. The van der Waals surface area contributed by atoms with E-state index in [4.69, 9.17) is 4.74 Å². The van der Waals surface area contributed by atoms with Gasteiger partial charge < -0.3 is 9.30 Å². The third-order valence-electron chi connectivity index (χ3n) is 2.97. The standard InChI is InChI=1S/C15H17NO2/c1-18-10-9-14-7-8-15(12-17)16(14)11-13-5-3-2-4-6-13/h2-8,12H,9-11H2,1H3. The number of nitrogens with zero attached hydrogens (tertiary/aromatic N) is 1. The van der Waals surface area contributed by atoms with Gasteiger partial charge in [0.1, 0.15) is 0 Å². The Morgan fingerprint density at radius 3 is 2.61 bits per heavy atom. The fraction of sp³-hybridized carbons (Fsp3) is 0.267. The predicted octanol–water partition coefficient (Wildman–Crippen LogP) is 2.54. The van der Waals surface area contributed by atoms with Gasteiger partial charge in [0, 0.05) is 25.8 Å². The van der Waals surface area contributed by atoms with Crippen molar-refractivity contribution in [3.8, 4) is 0 Å². The summed E-state index contributed by atoms with van der Waals surface area (Å²) in [4.78, 5) is 11.1. The second kappa shape index (κ2) is 6.17. The monoisotopic (exact) mass is 243 g/mol. The molecule has 94 valence electrons. The molecule has 0 aliphatic rings. The molecule has 0 saturated carbocycles. The average Bonchev–Trinajstić information content (AvgIpc) is 2.80. The van der Waals surface area contributed by atoms with Crippen LogP contribution < -0.4 is 0 Å². The van der Waals surface area contributed by atoms with E-state index in [1.54, 1.807) is 7.11 Å². The van der Waals surface area contributed by atoms with Crippen LogP contribution >= 0.6 is 0 Å². The minimum Gasteiger partial charge on any atom is -0.384 e. The molecule has 1 aromatic heterocycles. The van der Waals surface area contributed by atoms with Gasteiger partial charge in [-0.3, -0.25) is 4.79 Å². The van der Waals surface area contributed by atoms with Gasteiger partial charge in [-0.05, 0) is 17.7 Å². The van der Waals surface area contributed by atoms with Gasteiger partial charge in [0.15, 0.2) is 6.29 Å². The second-order valence-electron chi connectivity index (χ2n) is 4.18. The van der Waals surface area contributed by atoms with Crippen LogP contribution in [0.15, 0.2) is 42.5 Å².